The summed E-state index contributed by atoms with van der Waals surface area (Å²) >= 11 is 11.6. The molecule has 1 aromatic carbocycles. The Morgan fingerprint density at radius 3 is 2.00 bits per heavy atom. The van der Waals surface area contributed by atoms with E-state index in [0.717, 1.165) is 0 Å². The van der Waals surface area contributed by atoms with E-state index in [4.69, 9.17) is 27.8 Å². The van der Waals surface area contributed by atoms with Crippen LogP contribution in [0.5, 0.6) is 0 Å². The summed E-state index contributed by atoms with van der Waals surface area (Å²) in [5.74, 6) is 0. The number of benzene rings is 1. The molecule has 0 radical (unpaired) electrons. The summed E-state index contributed by atoms with van der Waals surface area (Å²) in [4.78, 5) is -0.287. The van der Waals surface area contributed by atoms with E-state index in [1.54, 1.807) is 0 Å². The average Bonchev–Trinajstić information content (AvgIpc) is 2.01. The van der Waals surface area contributed by atoms with Crippen LogP contribution in [0.4, 0.5) is 0 Å². The van der Waals surface area contributed by atoms with Crippen LogP contribution in [0.1, 0.15) is 13.9 Å². The van der Waals surface area contributed by atoms with Gasteiger partial charge < -0.3 is 1.43 Å². The number of hydrogen-bond donors (Lipinski definition) is 1. The first-order chi connectivity index (χ1) is 6.36. The second-order valence-electron chi connectivity index (χ2n) is 2.69. The molecule has 0 aliphatic rings. The van der Waals surface area contributed by atoms with Crippen molar-refractivity contribution in [2.75, 3.05) is 0 Å². The molecule has 0 saturated carbocycles. The van der Waals surface area contributed by atoms with Gasteiger partial charge in [-0.15, -0.1) is 0 Å². The summed E-state index contributed by atoms with van der Waals surface area (Å²) in [6.07, 6.45) is 0.601. The maximum atomic E-state index is 10.8. The van der Waals surface area contributed by atoms with E-state index in [-0.39, 0.29) is 45.9 Å². The molecule has 0 amide bonds. The van der Waals surface area contributed by atoms with Gasteiger partial charge in [-0.1, -0.05) is 30.1 Å². The van der Waals surface area contributed by atoms with Crippen LogP contribution in [0.25, 0.3) is 0 Å². The van der Waals surface area contributed by atoms with Gasteiger partial charge >= 0.3 is 29.6 Å². The summed E-state index contributed by atoms with van der Waals surface area (Å²) in [6.45, 7) is 1.85. The molecule has 1 N–H and O–H groups in total. The second kappa shape index (κ2) is 5.87. The van der Waals surface area contributed by atoms with Gasteiger partial charge in [-0.05, 0) is 24.1 Å². The molecular formula is C8H9Cl2NaO3S. The molecule has 80 valence electrons. The molecule has 0 bridgehead atoms. The molecule has 3 nitrogen and oxygen atoms in total. The van der Waals surface area contributed by atoms with Crippen LogP contribution in [-0.2, 0) is 16.5 Å². The molecule has 0 spiro atoms. The van der Waals surface area contributed by atoms with Crippen molar-refractivity contribution in [1.82, 2.24) is 0 Å². The molecule has 15 heavy (non-hydrogen) atoms. The molecule has 7 heteroatoms. The Balaban J connectivity index is 0. The van der Waals surface area contributed by atoms with E-state index in [0.29, 0.717) is 12.0 Å². The van der Waals surface area contributed by atoms with E-state index in [1.165, 1.54) is 12.1 Å². The zero-order valence-electron chi connectivity index (χ0n) is 9.29. The Kier molecular flexibility index (Phi) is 6.14. The molecule has 1 rings (SSSR count). The molecule has 0 heterocycles. The maximum absolute atomic E-state index is 10.8. The van der Waals surface area contributed by atoms with Crippen molar-refractivity contribution in [1.29, 1.82) is 0 Å². The van der Waals surface area contributed by atoms with Gasteiger partial charge in [0, 0.05) is 10.0 Å². The van der Waals surface area contributed by atoms with Crippen LogP contribution in [0.3, 0.4) is 0 Å². The minimum absolute atomic E-state index is 0. The van der Waals surface area contributed by atoms with Crippen LogP contribution in [-0.4, -0.2) is 13.0 Å². The Morgan fingerprint density at radius 2 is 1.73 bits per heavy atom. The van der Waals surface area contributed by atoms with Crippen LogP contribution >= 0.6 is 23.2 Å². The molecule has 0 aromatic heterocycles. The summed E-state index contributed by atoms with van der Waals surface area (Å²) in [5.41, 5.74) is 0.667. The smallest absolute Gasteiger partial charge is 1.00 e. The van der Waals surface area contributed by atoms with Crippen molar-refractivity contribution in [2.24, 2.45) is 0 Å². The van der Waals surface area contributed by atoms with Gasteiger partial charge in [0.2, 0.25) is 0 Å². The Morgan fingerprint density at radius 1 is 1.33 bits per heavy atom. The molecule has 0 unspecified atom stereocenters. The Hall–Kier alpha value is 0.710. The van der Waals surface area contributed by atoms with Gasteiger partial charge in [0.25, 0.3) is 10.1 Å². The fourth-order valence-electron chi connectivity index (χ4n) is 1.07. The van der Waals surface area contributed by atoms with Crippen molar-refractivity contribution >= 4 is 33.3 Å². The van der Waals surface area contributed by atoms with Gasteiger partial charge in [-0.25, -0.2) is 0 Å². The van der Waals surface area contributed by atoms with E-state index in [2.05, 4.69) is 0 Å². The Bertz CT molecular complexity index is 441. The molecule has 0 fully saturated rings. The average molecular weight is 279 g/mol. The molecule has 0 aliphatic heterocycles. The van der Waals surface area contributed by atoms with E-state index in [9.17, 15) is 8.42 Å². The van der Waals surface area contributed by atoms with Crippen molar-refractivity contribution in [3.05, 3.63) is 27.7 Å². The zero-order chi connectivity index (χ0) is 10.9. The van der Waals surface area contributed by atoms with Gasteiger partial charge in [-0.3, -0.25) is 4.55 Å². The van der Waals surface area contributed by atoms with Gasteiger partial charge in [0.1, 0.15) is 0 Å². The number of hydrogen-bond acceptors (Lipinski definition) is 2. The van der Waals surface area contributed by atoms with Gasteiger partial charge in [0.15, 0.2) is 0 Å². The van der Waals surface area contributed by atoms with Crippen molar-refractivity contribution < 1.29 is 44.0 Å². The summed E-state index contributed by atoms with van der Waals surface area (Å²) in [6, 6.07) is 2.36. The number of rotatable bonds is 2. The normalized spacial score (nSPS) is 10.9. The van der Waals surface area contributed by atoms with Crippen LogP contribution in [0.15, 0.2) is 17.0 Å². The van der Waals surface area contributed by atoms with Crippen molar-refractivity contribution in [3.8, 4) is 0 Å². The molecule has 0 saturated heterocycles. The van der Waals surface area contributed by atoms with E-state index in [1.807, 2.05) is 6.92 Å². The third-order valence-electron chi connectivity index (χ3n) is 1.77. The fraction of sp³-hybridized carbons (Fsp3) is 0.250. The predicted octanol–water partition coefficient (Wildman–Crippen LogP) is -0.0810. The number of halogens is 2. The van der Waals surface area contributed by atoms with E-state index < -0.39 is 10.1 Å². The minimum Gasteiger partial charge on any atom is -1.00 e. The third kappa shape index (κ3) is 3.89. The van der Waals surface area contributed by atoms with Gasteiger partial charge in [0.05, 0.1) is 4.90 Å². The quantitative estimate of drug-likeness (QED) is 0.608. The summed E-state index contributed by atoms with van der Waals surface area (Å²) in [5, 5.41) is 0.486. The first-order valence-corrected chi connectivity index (χ1v) is 6.01. The monoisotopic (exact) mass is 278 g/mol. The van der Waals surface area contributed by atoms with Crippen LogP contribution in [0.2, 0.25) is 10.0 Å². The molecule has 1 aromatic rings. The first-order valence-electron chi connectivity index (χ1n) is 3.81. The van der Waals surface area contributed by atoms with E-state index >= 15 is 0 Å². The van der Waals surface area contributed by atoms with Crippen molar-refractivity contribution in [2.45, 2.75) is 18.2 Å². The second-order valence-corrected chi connectivity index (χ2v) is 4.93. The molecular weight excluding hydrogens is 270 g/mol. The van der Waals surface area contributed by atoms with Crippen LogP contribution < -0.4 is 29.6 Å². The zero-order valence-corrected chi connectivity index (χ0v) is 12.6. The summed E-state index contributed by atoms with van der Waals surface area (Å²) in [7, 11) is -4.24. The fourth-order valence-corrected chi connectivity index (χ4v) is 2.48. The van der Waals surface area contributed by atoms with Gasteiger partial charge in [-0.2, -0.15) is 8.42 Å². The largest absolute Gasteiger partial charge is 1.00 e. The first kappa shape index (κ1) is 15.7. The standard InChI is InChI=1S/C8H8Cl2O3S.Na.H/c1-2-6-7(9)3-5(4-8(6)10)14(11,12)13;;/h3-4H,2H2,1H3,(H,11,12,13);;/q;+1;-1. The third-order valence-corrected chi connectivity index (χ3v) is 3.27. The molecule has 0 aliphatic carbocycles. The minimum atomic E-state index is -4.24. The van der Waals surface area contributed by atoms with Crippen LogP contribution in [0, 0.1) is 0 Å². The Labute approximate surface area is 122 Å². The topological polar surface area (TPSA) is 54.4 Å². The molecule has 0 atom stereocenters. The van der Waals surface area contributed by atoms with Crippen molar-refractivity contribution in [3.63, 3.8) is 0 Å². The summed E-state index contributed by atoms with van der Waals surface area (Å²) < 4.78 is 30.3. The predicted molar refractivity (Wildman–Crippen MR) is 56.8 cm³/mol. The maximum Gasteiger partial charge on any atom is 1.00 e. The SMILES string of the molecule is CCc1c(Cl)cc(S(=O)(=O)O)cc1Cl.[H-].[Na+].